The third-order valence-electron chi connectivity index (χ3n) is 5.60. The number of carbonyl (C=O) groups excluding carboxylic acids is 2. The van der Waals surface area contributed by atoms with Crippen LogP contribution in [0.2, 0.25) is 0 Å². The summed E-state index contributed by atoms with van der Waals surface area (Å²) in [5.41, 5.74) is 2.19. The van der Waals surface area contributed by atoms with Gasteiger partial charge in [-0.05, 0) is 31.2 Å². The van der Waals surface area contributed by atoms with Crippen molar-refractivity contribution >= 4 is 11.8 Å². The molecule has 1 aliphatic rings. The number of carbonyl (C=O) groups is 2. The van der Waals surface area contributed by atoms with E-state index < -0.39 is 0 Å². The molecule has 2 aromatic carbocycles. The number of hydrogen-bond donors (Lipinski definition) is 0. The predicted molar refractivity (Wildman–Crippen MR) is 124 cm³/mol. The van der Waals surface area contributed by atoms with E-state index in [0.29, 0.717) is 62.0 Å². The summed E-state index contributed by atoms with van der Waals surface area (Å²) in [7, 11) is 4.70. The van der Waals surface area contributed by atoms with Gasteiger partial charge in [-0.15, -0.1) is 0 Å². The molecule has 0 radical (unpaired) electrons. The second-order valence-corrected chi connectivity index (χ2v) is 7.96. The van der Waals surface area contributed by atoms with Crippen LogP contribution in [-0.2, 0) is 9.47 Å². The highest BCUT2D eigenvalue weighted by Crippen LogP contribution is 2.24. The molecule has 1 fully saturated rings. The Labute approximate surface area is 195 Å². The molecule has 3 rings (SSSR count). The largest absolute Gasteiger partial charge is 0.497 e. The van der Waals surface area contributed by atoms with E-state index in [1.165, 1.54) is 0 Å². The number of aryl methyl sites for hydroxylation is 1. The van der Waals surface area contributed by atoms with E-state index in [4.69, 9.17) is 18.9 Å². The van der Waals surface area contributed by atoms with E-state index in [0.717, 1.165) is 5.56 Å². The number of ether oxygens (including phenoxy) is 4. The average molecular weight is 457 g/mol. The highest BCUT2D eigenvalue weighted by Gasteiger charge is 2.29. The van der Waals surface area contributed by atoms with Crippen LogP contribution in [-0.4, -0.2) is 88.4 Å². The summed E-state index contributed by atoms with van der Waals surface area (Å²) in [5.74, 6) is 0.888. The summed E-state index contributed by atoms with van der Waals surface area (Å²) in [4.78, 5) is 29.8. The molecule has 0 spiro atoms. The van der Waals surface area contributed by atoms with Crippen LogP contribution in [0.25, 0.3) is 0 Å². The Bertz CT molecular complexity index is 924. The molecule has 1 aliphatic heterocycles. The van der Waals surface area contributed by atoms with E-state index >= 15 is 0 Å². The molecule has 1 unspecified atom stereocenters. The molecule has 0 bridgehead atoms. The van der Waals surface area contributed by atoms with Crippen LogP contribution in [0.5, 0.6) is 11.5 Å². The normalized spacial score (nSPS) is 15.8. The van der Waals surface area contributed by atoms with Gasteiger partial charge in [0.05, 0.1) is 33.5 Å². The first-order valence-electron chi connectivity index (χ1n) is 10.9. The molecule has 33 heavy (non-hydrogen) atoms. The van der Waals surface area contributed by atoms with Crippen molar-refractivity contribution in [1.29, 1.82) is 0 Å². The van der Waals surface area contributed by atoms with Crippen molar-refractivity contribution in [3.05, 3.63) is 59.2 Å². The minimum absolute atomic E-state index is 0.0865. The SMILES string of the molecule is COCCN(CC1CN(C(=O)c2cc(OC)cc(OC)c2)CCO1)C(=O)c1ccc(C)cc1. The number of rotatable bonds is 9. The van der Waals surface area contributed by atoms with Crippen LogP contribution in [0.4, 0.5) is 0 Å². The van der Waals surface area contributed by atoms with Crippen molar-refractivity contribution in [3.63, 3.8) is 0 Å². The van der Waals surface area contributed by atoms with Gasteiger partial charge in [-0.1, -0.05) is 17.7 Å². The Morgan fingerprint density at radius 2 is 1.70 bits per heavy atom. The quantitative estimate of drug-likeness (QED) is 0.577. The fourth-order valence-corrected chi connectivity index (χ4v) is 3.73. The van der Waals surface area contributed by atoms with Gasteiger partial charge in [-0.3, -0.25) is 9.59 Å². The third kappa shape index (κ3) is 6.46. The lowest BCUT2D eigenvalue weighted by molar-refractivity contribution is -0.0347. The van der Waals surface area contributed by atoms with Gasteiger partial charge in [0.15, 0.2) is 0 Å². The lowest BCUT2D eigenvalue weighted by Crippen LogP contribution is -2.51. The van der Waals surface area contributed by atoms with Crippen molar-refractivity contribution in [2.75, 3.05) is 60.7 Å². The van der Waals surface area contributed by atoms with Crippen LogP contribution >= 0.6 is 0 Å². The monoisotopic (exact) mass is 456 g/mol. The molecule has 0 saturated carbocycles. The molecule has 1 heterocycles. The Morgan fingerprint density at radius 3 is 2.30 bits per heavy atom. The van der Waals surface area contributed by atoms with Crippen LogP contribution in [0.1, 0.15) is 26.3 Å². The van der Waals surface area contributed by atoms with Crippen LogP contribution in [0.3, 0.4) is 0 Å². The summed E-state index contributed by atoms with van der Waals surface area (Å²) in [6.07, 6.45) is -0.304. The third-order valence-corrected chi connectivity index (χ3v) is 5.60. The molecule has 2 aromatic rings. The second kappa shape index (κ2) is 11.7. The lowest BCUT2D eigenvalue weighted by atomic mass is 10.1. The molecule has 1 saturated heterocycles. The maximum absolute atomic E-state index is 13.2. The maximum atomic E-state index is 13.2. The molecule has 1 atom stereocenters. The van der Waals surface area contributed by atoms with Crippen LogP contribution < -0.4 is 9.47 Å². The number of hydrogen-bond acceptors (Lipinski definition) is 6. The Hall–Kier alpha value is -3.10. The van der Waals surface area contributed by atoms with E-state index in [1.54, 1.807) is 49.3 Å². The highest BCUT2D eigenvalue weighted by molar-refractivity contribution is 5.95. The van der Waals surface area contributed by atoms with Crippen LogP contribution in [0.15, 0.2) is 42.5 Å². The second-order valence-electron chi connectivity index (χ2n) is 7.96. The zero-order chi connectivity index (χ0) is 23.8. The number of benzene rings is 2. The summed E-state index contributed by atoms with van der Waals surface area (Å²) in [5, 5.41) is 0. The van der Waals surface area contributed by atoms with Crippen LogP contribution in [0, 0.1) is 6.92 Å². The van der Waals surface area contributed by atoms with Crippen molar-refractivity contribution in [2.45, 2.75) is 13.0 Å². The van der Waals surface area contributed by atoms with Gasteiger partial charge in [0.2, 0.25) is 0 Å². The van der Waals surface area contributed by atoms with Gasteiger partial charge in [0.1, 0.15) is 11.5 Å². The fourth-order valence-electron chi connectivity index (χ4n) is 3.73. The number of amides is 2. The highest BCUT2D eigenvalue weighted by atomic mass is 16.5. The smallest absolute Gasteiger partial charge is 0.254 e. The standard InChI is InChI=1S/C25H32N2O6/c1-18-5-7-19(8-6-18)24(28)26(9-11-30-2)16-23-17-27(10-12-33-23)25(29)20-13-21(31-3)15-22(14-20)32-4/h5-8,13-15,23H,9-12,16-17H2,1-4H3. The Kier molecular flexibility index (Phi) is 8.68. The minimum Gasteiger partial charge on any atom is -0.497 e. The van der Waals surface area contributed by atoms with Crippen molar-refractivity contribution in [2.24, 2.45) is 0 Å². The predicted octanol–water partition coefficient (Wildman–Crippen LogP) is 2.64. The zero-order valence-corrected chi connectivity index (χ0v) is 19.7. The zero-order valence-electron chi connectivity index (χ0n) is 19.7. The first-order chi connectivity index (χ1) is 15.9. The van der Waals surface area contributed by atoms with Gasteiger partial charge >= 0.3 is 0 Å². The summed E-state index contributed by atoms with van der Waals surface area (Å²) >= 11 is 0. The molecule has 0 aromatic heterocycles. The van der Waals surface area contributed by atoms with Crippen molar-refractivity contribution < 1.29 is 28.5 Å². The topological polar surface area (TPSA) is 77.5 Å². The average Bonchev–Trinajstić information content (AvgIpc) is 2.85. The van der Waals surface area contributed by atoms with E-state index in [2.05, 4.69) is 0 Å². The molecular weight excluding hydrogens is 424 g/mol. The maximum Gasteiger partial charge on any atom is 0.254 e. The summed E-state index contributed by atoms with van der Waals surface area (Å²) < 4.78 is 21.7. The number of nitrogens with zero attached hydrogens (tertiary/aromatic N) is 2. The van der Waals surface area contributed by atoms with Crippen molar-refractivity contribution in [1.82, 2.24) is 9.80 Å². The van der Waals surface area contributed by atoms with Gasteiger partial charge in [-0.2, -0.15) is 0 Å². The van der Waals surface area contributed by atoms with Crippen molar-refractivity contribution in [3.8, 4) is 11.5 Å². The van der Waals surface area contributed by atoms with Gasteiger partial charge in [0, 0.05) is 50.5 Å². The molecule has 8 heteroatoms. The Morgan fingerprint density at radius 1 is 1.03 bits per heavy atom. The number of methoxy groups -OCH3 is 3. The van der Waals surface area contributed by atoms with E-state index in [1.807, 2.05) is 31.2 Å². The number of morpholine rings is 1. The minimum atomic E-state index is -0.304. The molecule has 2 amide bonds. The van der Waals surface area contributed by atoms with Gasteiger partial charge in [-0.25, -0.2) is 0 Å². The lowest BCUT2D eigenvalue weighted by Gasteiger charge is -2.36. The molecule has 0 N–H and O–H groups in total. The van der Waals surface area contributed by atoms with Gasteiger partial charge < -0.3 is 28.7 Å². The molecular formula is C25H32N2O6. The fraction of sp³-hybridized carbons (Fsp3) is 0.440. The first-order valence-corrected chi connectivity index (χ1v) is 10.9. The molecule has 8 nitrogen and oxygen atoms in total. The summed E-state index contributed by atoms with van der Waals surface area (Å²) in [6.45, 7) is 4.44. The molecule has 0 aliphatic carbocycles. The van der Waals surface area contributed by atoms with E-state index in [-0.39, 0.29) is 17.9 Å². The van der Waals surface area contributed by atoms with Gasteiger partial charge in [0.25, 0.3) is 11.8 Å². The Balaban J connectivity index is 1.71. The van der Waals surface area contributed by atoms with E-state index in [9.17, 15) is 9.59 Å². The molecule has 178 valence electrons. The first kappa shape index (κ1) is 24.5. The summed E-state index contributed by atoms with van der Waals surface area (Å²) in [6, 6.07) is 12.6.